The van der Waals surface area contributed by atoms with Crippen LogP contribution in [0.25, 0.3) is 21.9 Å². The number of hydrogen-bond acceptors (Lipinski definition) is 11. The Morgan fingerprint density at radius 3 is 1.74 bits per heavy atom. The molecule has 0 aliphatic carbocycles. The minimum atomic E-state index is -0.717. The van der Waals surface area contributed by atoms with Crippen molar-refractivity contribution in [2.45, 2.75) is 39.6 Å². The van der Waals surface area contributed by atoms with Gasteiger partial charge in [-0.2, -0.15) is 0 Å². The lowest BCUT2D eigenvalue weighted by Crippen LogP contribution is -2.38. The lowest BCUT2D eigenvalue weighted by molar-refractivity contribution is 0.0527. The maximum Gasteiger partial charge on any atom is 0.407 e. The zero-order chi connectivity index (χ0) is 31.9. The summed E-state index contributed by atoms with van der Waals surface area (Å²) >= 11 is 6.33. The van der Waals surface area contributed by atoms with Crippen LogP contribution in [0.5, 0.6) is 11.5 Å². The number of nitrogens with one attached hydrogen (secondary N) is 2. The second-order valence-electron chi connectivity index (χ2n) is 9.87. The summed E-state index contributed by atoms with van der Waals surface area (Å²) in [4.78, 5) is 46.0. The van der Waals surface area contributed by atoms with Gasteiger partial charge in [-0.05, 0) is 70.3 Å². The van der Waals surface area contributed by atoms with Crippen LogP contribution < -0.4 is 21.9 Å². The first kappa shape index (κ1) is 33.4. The predicted molar refractivity (Wildman–Crippen MR) is 162 cm³/mol. The Labute approximate surface area is 260 Å². The summed E-state index contributed by atoms with van der Waals surface area (Å²) in [5.74, 6) is -0.0929. The molecule has 5 N–H and O–H groups in total. The highest BCUT2D eigenvalue weighted by Gasteiger charge is 2.16. The quantitative estimate of drug-likeness (QED) is 0.136. The van der Waals surface area contributed by atoms with E-state index in [-0.39, 0.29) is 49.0 Å². The lowest BCUT2D eigenvalue weighted by Gasteiger charge is -2.19. The van der Waals surface area contributed by atoms with E-state index in [1.165, 1.54) is 24.3 Å². The standard InChI is InChI=1S/C18H21BrN2O7.C10H7BrO4/c1-18(2,3)28-17(25)21-5-4-20-16(24)26-9-10-6-15(23)27-14-8-13(22)12(19)7-11(10)14;11-7-2-6-5(4-12)1-10(14)15-9(6)3-8(7)13/h6-8,22H,4-5,9H2,1-3H3,(H,20,24)(H,21,25);1-3,12-13H,4H2. The second kappa shape index (κ2) is 14.4. The molecule has 0 fully saturated rings. The van der Waals surface area contributed by atoms with Crippen LogP contribution in [0.15, 0.2) is 63.8 Å². The van der Waals surface area contributed by atoms with Gasteiger partial charge in [0, 0.05) is 53.7 Å². The topological polar surface area (TPSA) is 198 Å². The van der Waals surface area contributed by atoms with E-state index in [9.17, 15) is 29.4 Å². The maximum absolute atomic E-state index is 11.8. The number of aromatic hydroxyl groups is 2. The Balaban J connectivity index is 0.000000282. The number of phenolic OH excluding ortho intramolecular Hbond substituents is 2. The number of fused-ring (bicyclic) bond motifs is 2. The van der Waals surface area contributed by atoms with Crippen molar-refractivity contribution in [3.8, 4) is 11.5 Å². The summed E-state index contributed by atoms with van der Waals surface area (Å²) in [5, 5.41) is 34.2. The first-order valence-electron chi connectivity index (χ1n) is 12.6. The van der Waals surface area contributed by atoms with Crippen LogP contribution in [-0.2, 0) is 22.7 Å². The molecule has 0 spiro atoms. The monoisotopic (exact) mass is 726 g/mol. The fraction of sp³-hybridized carbons (Fsp3) is 0.286. The van der Waals surface area contributed by atoms with Crippen LogP contribution in [-0.4, -0.2) is 46.2 Å². The highest BCUT2D eigenvalue weighted by atomic mass is 79.9. The number of aliphatic hydroxyl groups excluding tert-OH is 1. The van der Waals surface area contributed by atoms with Crippen molar-refractivity contribution >= 4 is 66.0 Å². The molecule has 0 radical (unpaired) electrons. The highest BCUT2D eigenvalue weighted by Crippen LogP contribution is 2.31. The van der Waals surface area contributed by atoms with Gasteiger partial charge in [-0.25, -0.2) is 19.2 Å². The summed E-state index contributed by atoms with van der Waals surface area (Å²) in [5.41, 5.74) is -0.451. The van der Waals surface area contributed by atoms with Crippen LogP contribution in [0.1, 0.15) is 31.9 Å². The Morgan fingerprint density at radius 1 is 0.791 bits per heavy atom. The molecule has 0 aliphatic heterocycles. The molecule has 0 bridgehead atoms. The molecule has 2 aromatic heterocycles. The molecular formula is C28H28Br2N2O11. The summed E-state index contributed by atoms with van der Waals surface area (Å²) in [6, 6.07) is 8.23. The number of alkyl carbamates (subject to hydrolysis) is 2. The maximum atomic E-state index is 11.8. The van der Waals surface area contributed by atoms with Gasteiger partial charge in [-0.15, -0.1) is 0 Å². The van der Waals surface area contributed by atoms with Gasteiger partial charge in [0.1, 0.15) is 34.9 Å². The molecule has 15 heteroatoms. The molecular weight excluding hydrogens is 700 g/mol. The third-order valence-corrected chi connectivity index (χ3v) is 6.66. The van der Waals surface area contributed by atoms with Gasteiger partial charge in [0.15, 0.2) is 0 Å². The first-order valence-corrected chi connectivity index (χ1v) is 14.1. The summed E-state index contributed by atoms with van der Waals surface area (Å²) in [6.07, 6.45) is -1.30. The molecule has 0 atom stereocenters. The number of aliphatic hydroxyl groups is 1. The number of ether oxygens (including phenoxy) is 2. The largest absolute Gasteiger partial charge is 0.507 e. The number of halogens is 2. The van der Waals surface area contributed by atoms with E-state index in [0.29, 0.717) is 30.8 Å². The van der Waals surface area contributed by atoms with Crippen molar-refractivity contribution in [1.29, 1.82) is 0 Å². The molecule has 0 aliphatic rings. The van der Waals surface area contributed by atoms with Gasteiger partial charge in [-0.3, -0.25) is 0 Å². The second-order valence-corrected chi connectivity index (χ2v) is 11.6. The Hall–Kier alpha value is -4.08. The van der Waals surface area contributed by atoms with E-state index in [1.807, 2.05) is 0 Å². The van der Waals surface area contributed by atoms with E-state index in [4.69, 9.17) is 23.4 Å². The number of benzene rings is 2. The molecule has 0 saturated carbocycles. The number of carbonyl (C=O) groups excluding carboxylic acids is 2. The zero-order valence-corrected chi connectivity index (χ0v) is 26.3. The number of amides is 2. The average molecular weight is 728 g/mol. The van der Waals surface area contributed by atoms with E-state index in [2.05, 4.69) is 42.5 Å². The minimum Gasteiger partial charge on any atom is -0.507 e. The van der Waals surface area contributed by atoms with Crippen molar-refractivity contribution in [2.24, 2.45) is 0 Å². The highest BCUT2D eigenvalue weighted by molar-refractivity contribution is 9.11. The summed E-state index contributed by atoms with van der Waals surface area (Å²) in [7, 11) is 0. The Kier molecular flexibility index (Phi) is 11.2. The van der Waals surface area contributed by atoms with E-state index >= 15 is 0 Å². The molecule has 4 rings (SSSR count). The van der Waals surface area contributed by atoms with Crippen LogP contribution in [0, 0.1) is 0 Å². The molecule has 0 saturated heterocycles. The van der Waals surface area contributed by atoms with Gasteiger partial charge in [0.2, 0.25) is 0 Å². The van der Waals surface area contributed by atoms with Crippen LogP contribution in [0.2, 0.25) is 0 Å². The van der Waals surface area contributed by atoms with Gasteiger partial charge >= 0.3 is 23.4 Å². The fourth-order valence-corrected chi connectivity index (χ4v) is 4.25. The molecule has 0 unspecified atom stereocenters. The zero-order valence-electron chi connectivity index (χ0n) is 23.2. The van der Waals surface area contributed by atoms with Crippen molar-refractivity contribution in [1.82, 2.24) is 10.6 Å². The van der Waals surface area contributed by atoms with Crippen molar-refractivity contribution in [3.63, 3.8) is 0 Å². The number of rotatable bonds is 6. The predicted octanol–water partition coefficient (Wildman–Crippen LogP) is 4.77. The number of carbonyl (C=O) groups is 2. The fourth-order valence-electron chi connectivity index (χ4n) is 3.56. The molecule has 230 valence electrons. The van der Waals surface area contributed by atoms with Crippen LogP contribution in [0.3, 0.4) is 0 Å². The van der Waals surface area contributed by atoms with Crippen molar-refractivity contribution in [2.75, 3.05) is 13.1 Å². The molecule has 4 aromatic rings. The van der Waals surface area contributed by atoms with Crippen molar-refractivity contribution < 1.29 is 43.2 Å². The van der Waals surface area contributed by atoms with E-state index in [1.54, 1.807) is 32.9 Å². The number of phenols is 2. The lowest BCUT2D eigenvalue weighted by atomic mass is 10.1. The molecule has 13 nitrogen and oxygen atoms in total. The first-order chi connectivity index (χ1) is 20.2. The van der Waals surface area contributed by atoms with Gasteiger partial charge < -0.3 is 44.3 Å². The third kappa shape index (κ3) is 9.73. The third-order valence-electron chi connectivity index (χ3n) is 5.39. The molecule has 43 heavy (non-hydrogen) atoms. The SMILES string of the molecule is CC(C)(C)OC(=O)NCCNC(=O)OCc1cc(=O)oc2cc(O)c(Br)cc12.O=c1cc(CO)c2cc(Br)c(O)cc2o1. The van der Waals surface area contributed by atoms with Crippen LogP contribution >= 0.6 is 31.9 Å². The normalized spacial score (nSPS) is 11.0. The Morgan fingerprint density at radius 2 is 1.26 bits per heavy atom. The summed E-state index contributed by atoms with van der Waals surface area (Å²) in [6.45, 7) is 5.11. The molecule has 2 heterocycles. The van der Waals surface area contributed by atoms with Gasteiger partial charge in [-0.1, -0.05) is 0 Å². The van der Waals surface area contributed by atoms with Gasteiger partial charge in [0.05, 0.1) is 15.6 Å². The molecule has 2 amide bonds. The van der Waals surface area contributed by atoms with E-state index < -0.39 is 29.0 Å². The molecule has 2 aromatic carbocycles. The minimum absolute atomic E-state index is 0.0132. The average Bonchev–Trinajstić information content (AvgIpc) is 2.90. The van der Waals surface area contributed by atoms with Crippen LogP contribution in [0.4, 0.5) is 9.59 Å². The summed E-state index contributed by atoms with van der Waals surface area (Å²) < 4.78 is 21.0. The number of hydrogen-bond donors (Lipinski definition) is 5. The smallest absolute Gasteiger partial charge is 0.407 e. The Bertz CT molecular complexity index is 1760. The van der Waals surface area contributed by atoms with E-state index in [0.717, 1.165) is 0 Å². The van der Waals surface area contributed by atoms with Gasteiger partial charge in [0.25, 0.3) is 0 Å². The van der Waals surface area contributed by atoms with Crippen molar-refractivity contribution in [3.05, 3.63) is 77.3 Å².